The average Bonchev–Trinajstić information content (AvgIpc) is 1.81. The Morgan fingerprint density at radius 1 is 1.50 bits per heavy atom. The molecule has 0 aliphatic rings. The van der Waals surface area contributed by atoms with Gasteiger partial charge in [0.15, 0.2) is 0 Å². The van der Waals surface area contributed by atoms with Crippen molar-refractivity contribution in [2.24, 2.45) is 5.92 Å². The van der Waals surface area contributed by atoms with E-state index in [1.807, 2.05) is 6.08 Å². The van der Waals surface area contributed by atoms with Gasteiger partial charge < -0.3 is 0 Å². The van der Waals surface area contributed by atoms with Gasteiger partial charge in [0, 0.05) is 5.03 Å². The molecule has 0 unspecified atom stereocenters. The van der Waals surface area contributed by atoms with Crippen LogP contribution in [0.15, 0.2) is 35.9 Å². The highest BCUT2D eigenvalue weighted by Gasteiger charge is 1.96. The molecule has 0 N–H and O–H groups in total. The summed E-state index contributed by atoms with van der Waals surface area (Å²) in [6.45, 7) is 11.4. The summed E-state index contributed by atoms with van der Waals surface area (Å²) in [5, 5.41) is 0.559. The lowest BCUT2D eigenvalue weighted by Gasteiger charge is -2.03. The summed E-state index contributed by atoms with van der Waals surface area (Å²) in [5.74, 6) is 0.466. The van der Waals surface area contributed by atoms with Crippen molar-refractivity contribution in [2.45, 2.75) is 13.8 Å². The third kappa shape index (κ3) is 3.52. The minimum atomic E-state index is 0.466. The molecule has 0 fully saturated rings. The molecular weight excluding hydrogens is 144 g/mol. The lowest BCUT2D eigenvalue weighted by molar-refractivity contribution is 0.792. The van der Waals surface area contributed by atoms with Crippen LogP contribution in [0.4, 0.5) is 0 Å². The topological polar surface area (TPSA) is 0 Å². The van der Waals surface area contributed by atoms with Crippen molar-refractivity contribution >= 4 is 11.6 Å². The van der Waals surface area contributed by atoms with Crippen molar-refractivity contribution in [2.75, 3.05) is 0 Å². The van der Waals surface area contributed by atoms with Gasteiger partial charge >= 0.3 is 0 Å². The molecule has 0 aliphatic carbocycles. The number of hydrogen-bond donors (Lipinski definition) is 0. The number of rotatable bonds is 3. The van der Waals surface area contributed by atoms with E-state index < -0.39 is 0 Å². The molecule has 0 amide bonds. The van der Waals surface area contributed by atoms with Gasteiger partial charge in [-0.3, -0.25) is 0 Å². The first-order valence-corrected chi connectivity index (χ1v) is 3.64. The molecule has 0 rings (SSSR count). The van der Waals surface area contributed by atoms with E-state index in [1.54, 1.807) is 6.08 Å². The van der Waals surface area contributed by atoms with Gasteiger partial charge in [0.05, 0.1) is 0 Å². The Morgan fingerprint density at radius 3 is 2.10 bits per heavy atom. The maximum absolute atomic E-state index is 5.58. The second-order valence-electron chi connectivity index (χ2n) is 2.45. The first-order valence-electron chi connectivity index (χ1n) is 3.26. The molecule has 0 atom stereocenters. The van der Waals surface area contributed by atoms with E-state index in [0.717, 1.165) is 5.57 Å². The number of hydrogen-bond acceptors (Lipinski definition) is 0. The largest absolute Gasteiger partial charge is 0.0988 e. The molecular formula is C9H13Cl. The Bertz CT molecular complexity index is 164. The molecule has 0 heterocycles. The minimum Gasteiger partial charge on any atom is -0.0988 e. The van der Waals surface area contributed by atoms with Crippen molar-refractivity contribution in [3.8, 4) is 0 Å². The van der Waals surface area contributed by atoms with Crippen molar-refractivity contribution in [1.29, 1.82) is 0 Å². The third-order valence-corrected chi connectivity index (χ3v) is 1.33. The van der Waals surface area contributed by atoms with Gasteiger partial charge in [-0.15, -0.1) is 0 Å². The van der Waals surface area contributed by atoms with E-state index in [1.165, 1.54) is 0 Å². The Morgan fingerprint density at radius 2 is 2.00 bits per heavy atom. The molecule has 0 nitrogen and oxygen atoms in total. The predicted molar refractivity (Wildman–Crippen MR) is 48.1 cm³/mol. The van der Waals surface area contributed by atoms with Crippen LogP contribution in [0.5, 0.6) is 0 Å². The number of halogens is 1. The molecule has 0 aliphatic heterocycles. The van der Waals surface area contributed by atoms with Crippen LogP contribution >= 0.6 is 11.6 Å². The Labute approximate surface area is 67.9 Å². The van der Waals surface area contributed by atoms with E-state index >= 15 is 0 Å². The second kappa shape index (κ2) is 4.35. The highest BCUT2D eigenvalue weighted by atomic mass is 35.5. The molecule has 0 radical (unpaired) electrons. The van der Waals surface area contributed by atoms with Crippen LogP contribution in [0.2, 0.25) is 0 Å². The van der Waals surface area contributed by atoms with E-state index in [-0.39, 0.29) is 0 Å². The van der Waals surface area contributed by atoms with Gasteiger partial charge in [0.1, 0.15) is 0 Å². The SMILES string of the molecule is C=C/C(=C\C(=C)Cl)C(C)C. The molecule has 0 aromatic rings. The van der Waals surface area contributed by atoms with Gasteiger partial charge in [0.25, 0.3) is 0 Å². The standard InChI is InChI=1S/C9H13Cl/c1-5-9(7(2)3)6-8(4)10/h5-7H,1,4H2,2-3H3/b9-6+. The molecule has 0 saturated heterocycles. The summed E-state index contributed by atoms with van der Waals surface area (Å²) in [4.78, 5) is 0. The quantitative estimate of drug-likeness (QED) is 0.549. The van der Waals surface area contributed by atoms with Crippen molar-refractivity contribution in [1.82, 2.24) is 0 Å². The summed E-state index contributed by atoms with van der Waals surface area (Å²) in [6, 6.07) is 0. The van der Waals surface area contributed by atoms with Crippen LogP contribution in [-0.4, -0.2) is 0 Å². The second-order valence-corrected chi connectivity index (χ2v) is 2.94. The van der Waals surface area contributed by atoms with Crippen LogP contribution < -0.4 is 0 Å². The van der Waals surface area contributed by atoms with Crippen molar-refractivity contribution in [3.63, 3.8) is 0 Å². The van der Waals surface area contributed by atoms with Gasteiger partial charge in [-0.1, -0.05) is 44.7 Å². The fourth-order valence-electron chi connectivity index (χ4n) is 0.642. The van der Waals surface area contributed by atoms with Crippen LogP contribution in [0.25, 0.3) is 0 Å². The summed E-state index contributed by atoms with van der Waals surface area (Å²) in [5.41, 5.74) is 1.13. The molecule has 0 spiro atoms. The Balaban J connectivity index is 4.33. The van der Waals surface area contributed by atoms with Crippen LogP contribution in [0.1, 0.15) is 13.8 Å². The van der Waals surface area contributed by atoms with Gasteiger partial charge in [-0.05, 0) is 17.6 Å². The summed E-state index contributed by atoms with van der Waals surface area (Å²) in [7, 11) is 0. The van der Waals surface area contributed by atoms with Crippen molar-refractivity contribution < 1.29 is 0 Å². The fourth-order valence-corrected chi connectivity index (χ4v) is 0.768. The van der Waals surface area contributed by atoms with Gasteiger partial charge in [-0.25, -0.2) is 0 Å². The van der Waals surface area contributed by atoms with E-state index in [0.29, 0.717) is 11.0 Å². The van der Waals surface area contributed by atoms with Gasteiger partial charge in [0.2, 0.25) is 0 Å². The first-order chi connectivity index (χ1) is 4.57. The molecule has 0 aromatic carbocycles. The van der Waals surface area contributed by atoms with Crippen molar-refractivity contribution in [3.05, 3.63) is 35.9 Å². The molecule has 56 valence electrons. The smallest absolute Gasteiger partial charge is 0.0337 e. The zero-order chi connectivity index (χ0) is 8.15. The first kappa shape index (κ1) is 9.51. The average molecular weight is 157 g/mol. The summed E-state index contributed by atoms with van der Waals surface area (Å²) >= 11 is 5.58. The maximum Gasteiger partial charge on any atom is 0.0337 e. The van der Waals surface area contributed by atoms with Gasteiger partial charge in [-0.2, -0.15) is 0 Å². The molecule has 10 heavy (non-hydrogen) atoms. The summed E-state index contributed by atoms with van der Waals surface area (Å²) in [6.07, 6.45) is 3.64. The van der Waals surface area contributed by atoms with Crippen LogP contribution in [0.3, 0.4) is 0 Å². The zero-order valence-electron chi connectivity index (χ0n) is 6.52. The van der Waals surface area contributed by atoms with E-state index in [2.05, 4.69) is 27.0 Å². The molecule has 0 bridgehead atoms. The Hall–Kier alpha value is -0.490. The highest BCUT2D eigenvalue weighted by molar-refractivity contribution is 6.30. The minimum absolute atomic E-state index is 0.466. The molecule has 0 saturated carbocycles. The Kier molecular flexibility index (Phi) is 4.13. The highest BCUT2D eigenvalue weighted by Crippen LogP contribution is 2.13. The normalized spacial score (nSPS) is 11.8. The molecule has 0 aromatic heterocycles. The van der Waals surface area contributed by atoms with Crippen LogP contribution in [0, 0.1) is 5.92 Å². The predicted octanol–water partition coefficient (Wildman–Crippen LogP) is 3.51. The third-order valence-electron chi connectivity index (χ3n) is 1.23. The van der Waals surface area contributed by atoms with E-state index in [4.69, 9.17) is 11.6 Å². The lowest BCUT2D eigenvalue weighted by Crippen LogP contribution is -1.89. The monoisotopic (exact) mass is 156 g/mol. The molecule has 1 heteroatoms. The fraction of sp³-hybridized carbons (Fsp3) is 0.333. The zero-order valence-corrected chi connectivity index (χ0v) is 7.28. The lowest BCUT2D eigenvalue weighted by atomic mass is 10.0. The number of allylic oxidation sites excluding steroid dienone is 4. The van der Waals surface area contributed by atoms with E-state index in [9.17, 15) is 0 Å². The maximum atomic E-state index is 5.58. The summed E-state index contributed by atoms with van der Waals surface area (Å²) < 4.78 is 0. The van der Waals surface area contributed by atoms with Crippen LogP contribution in [-0.2, 0) is 0 Å².